The van der Waals surface area contributed by atoms with Crippen molar-refractivity contribution < 1.29 is 14.6 Å². The highest BCUT2D eigenvalue weighted by Gasteiger charge is 2.24. The van der Waals surface area contributed by atoms with Crippen LogP contribution >= 0.6 is 0 Å². The van der Waals surface area contributed by atoms with E-state index in [2.05, 4.69) is 39.5 Å². The molecule has 1 atom stereocenters. The first-order valence-corrected chi connectivity index (χ1v) is 12.1. The Hall–Kier alpha value is -2.67. The molecule has 0 saturated carbocycles. The van der Waals surface area contributed by atoms with Gasteiger partial charge in [0, 0.05) is 25.7 Å². The molecule has 0 aliphatic heterocycles. The summed E-state index contributed by atoms with van der Waals surface area (Å²) in [6.45, 7) is 14.7. The first kappa shape index (κ1) is 25.9. The van der Waals surface area contributed by atoms with E-state index >= 15 is 0 Å². The lowest BCUT2D eigenvalue weighted by atomic mass is 10.2. The molecule has 2 aromatic carbocycles. The molecule has 0 aliphatic carbocycles. The molecule has 1 N–H and O–H groups in total. The number of hydrogen-bond donors (Lipinski definition) is 1. The Morgan fingerprint density at radius 1 is 0.941 bits per heavy atom. The van der Waals surface area contributed by atoms with E-state index in [0.29, 0.717) is 38.1 Å². The molecule has 3 aromatic rings. The Balaban J connectivity index is 1.89. The second-order valence-corrected chi connectivity index (χ2v) is 9.64. The zero-order valence-electron chi connectivity index (χ0n) is 21.4. The molecule has 1 aromatic heterocycles. The number of benzene rings is 2. The van der Waals surface area contributed by atoms with Crippen molar-refractivity contribution in [2.24, 2.45) is 5.92 Å². The first-order chi connectivity index (χ1) is 16.2. The third-order valence-electron chi connectivity index (χ3n) is 5.67. The summed E-state index contributed by atoms with van der Waals surface area (Å²) in [7, 11) is 0. The van der Waals surface area contributed by atoms with Crippen molar-refractivity contribution in [1.82, 2.24) is 14.7 Å². The quantitative estimate of drug-likeness (QED) is 0.381. The van der Waals surface area contributed by atoms with E-state index in [1.165, 1.54) is 5.56 Å². The predicted molar refractivity (Wildman–Crippen MR) is 137 cm³/mol. The van der Waals surface area contributed by atoms with E-state index in [1.54, 1.807) is 0 Å². The van der Waals surface area contributed by atoms with Crippen molar-refractivity contribution in [1.29, 1.82) is 0 Å². The fraction of sp³-hybridized carbons (Fsp3) is 0.464. The monoisotopic (exact) mass is 465 g/mol. The summed E-state index contributed by atoms with van der Waals surface area (Å²) in [5, 5.41) is 15.5. The van der Waals surface area contributed by atoms with Gasteiger partial charge in [-0.1, -0.05) is 49.7 Å². The number of aliphatic hydroxyl groups excluding tert-OH is 1. The van der Waals surface area contributed by atoms with E-state index in [4.69, 9.17) is 14.6 Å². The largest absolute Gasteiger partial charge is 0.439 e. The van der Waals surface area contributed by atoms with Gasteiger partial charge in [0.15, 0.2) is 0 Å². The number of aromatic nitrogens is 2. The molecule has 34 heavy (non-hydrogen) atoms. The number of hydrogen-bond acceptors (Lipinski definition) is 5. The smallest absolute Gasteiger partial charge is 0.227 e. The van der Waals surface area contributed by atoms with Crippen LogP contribution in [0.15, 0.2) is 54.6 Å². The summed E-state index contributed by atoms with van der Waals surface area (Å²) in [4.78, 5) is 2.24. The Morgan fingerprint density at radius 2 is 1.62 bits per heavy atom. The van der Waals surface area contributed by atoms with Crippen LogP contribution in [0.25, 0.3) is 5.69 Å². The lowest BCUT2D eigenvalue weighted by molar-refractivity contribution is 0.00161. The van der Waals surface area contributed by atoms with Gasteiger partial charge in [-0.25, -0.2) is 4.68 Å². The molecule has 0 aliphatic rings. The highest BCUT2D eigenvalue weighted by molar-refractivity contribution is 5.43. The van der Waals surface area contributed by atoms with Crippen molar-refractivity contribution in [2.45, 2.75) is 60.2 Å². The van der Waals surface area contributed by atoms with Gasteiger partial charge in [-0.2, -0.15) is 5.10 Å². The van der Waals surface area contributed by atoms with Gasteiger partial charge < -0.3 is 14.6 Å². The molecule has 0 amide bonds. The first-order valence-electron chi connectivity index (χ1n) is 12.1. The van der Waals surface area contributed by atoms with Gasteiger partial charge in [0.1, 0.15) is 5.75 Å². The Morgan fingerprint density at radius 3 is 2.24 bits per heavy atom. The van der Waals surface area contributed by atoms with Crippen molar-refractivity contribution >= 4 is 0 Å². The second kappa shape index (κ2) is 12.2. The standard InChI is InChI=1S/C28H39N3O3/c1-20(2)18-33-19-25(32)16-30(21(3)4)17-27-23(6)29-31(24-10-8-7-9-11-24)28(27)34-26-14-12-22(5)13-15-26/h7-15,20-21,25,32H,16-19H2,1-6H3/t25-/m0/s1. The van der Waals surface area contributed by atoms with Gasteiger partial charge in [0.2, 0.25) is 5.88 Å². The average Bonchev–Trinajstić information content (AvgIpc) is 3.10. The second-order valence-electron chi connectivity index (χ2n) is 9.64. The zero-order chi connectivity index (χ0) is 24.7. The fourth-order valence-electron chi connectivity index (χ4n) is 3.71. The number of nitrogens with zero attached hydrogens (tertiary/aromatic N) is 3. The van der Waals surface area contributed by atoms with Crippen LogP contribution in [-0.2, 0) is 11.3 Å². The lowest BCUT2D eigenvalue weighted by Gasteiger charge is -2.29. The van der Waals surface area contributed by atoms with Crippen LogP contribution in [0.2, 0.25) is 0 Å². The maximum Gasteiger partial charge on any atom is 0.227 e. The minimum absolute atomic E-state index is 0.228. The molecule has 0 radical (unpaired) electrons. The molecule has 0 saturated heterocycles. The molecule has 184 valence electrons. The lowest BCUT2D eigenvalue weighted by Crippen LogP contribution is -2.39. The number of aliphatic hydroxyl groups is 1. The third kappa shape index (κ3) is 7.16. The molecule has 0 bridgehead atoms. The summed E-state index contributed by atoms with van der Waals surface area (Å²) < 4.78 is 14.0. The maximum absolute atomic E-state index is 10.6. The molecule has 6 heteroatoms. The normalized spacial score (nSPS) is 12.6. The number of rotatable bonds is 12. The van der Waals surface area contributed by atoms with Crippen LogP contribution in [0.1, 0.15) is 44.5 Å². The van der Waals surface area contributed by atoms with E-state index < -0.39 is 6.10 Å². The molecular weight excluding hydrogens is 426 g/mol. The average molecular weight is 466 g/mol. The Labute approximate surface area is 204 Å². The zero-order valence-corrected chi connectivity index (χ0v) is 21.4. The van der Waals surface area contributed by atoms with E-state index in [9.17, 15) is 5.11 Å². The van der Waals surface area contributed by atoms with Gasteiger partial charge >= 0.3 is 0 Å². The minimum Gasteiger partial charge on any atom is -0.439 e. The van der Waals surface area contributed by atoms with E-state index in [-0.39, 0.29) is 6.04 Å². The Kier molecular flexibility index (Phi) is 9.28. The van der Waals surface area contributed by atoms with Crippen LogP contribution in [-0.4, -0.2) is 51.7 Å². The minimum atomic E-state index is -0.563. The molecule has 1 heterocycles. The summed E-state index contributed by atoms with van der Waals surface area (Å²) in [5.41, 5.74) is 4.03. The third-order valence-corrected chi connectivity index (χ3v) is 5.67. The maximum atomic E-state index is 10.6. The summed E-state index contributed by atoms with van der Waals surface area (Å²) >= 11 is 0. The van der Waals surface area contributed by atoms with E-state index in [0.717, 1.165) is 22.7 Å². The SMILES string of the molecule is Cc1ccc(Oc2c(CN(C[C@H](O)COCC(C)C)C(C)C)c(C)nn2-c2ccccc2)cc1. The molecule has 0 fully saturated rings. The van der Waals surface area contributed by atoms with Crippen LogP contribution in [0.4, 0.5) is 0 Å². The van der Waals surface area contributed by atoms with Gasteiger partial charge in [0.05, 0.1) is 29.7 Å². The van der Waals surface area contributed by atoms with Crippen LogP contribution < -0.4 is 4.74 Å². The predicted octanol–water partition coefficient (Wildman–Crippen LogP) is 5.53. The van der Waals surface area contributed by atoms with Crippen molar-refractivity contribution in [3.63, 3.8) is 0 Å². The molecule has 0 spiro atoms. The summed E-state index contributed by atoms with van der Waals surface area (Å²) in [6, 6.07) is 18.3. The molecule has 0 unspecified atom stereocenters. The van der Waals surface area contributed by atoms with Gasteiger partial charge in [-0.3, -0.25) is 4.90 Å². The van der Waals surface area contributed by atoms with Crippen molar-refractivity contribution in [2.75, 3.05) is 19.8 Å². The van der Waals surface area contributed by atoms with Crippen LogP contribution in [0, 0.1) is 19.8 Å². The highest BCUT2D eigenvalue weighted by atomic mass is 16.5. The van der Waals surface area contributed by atoms with Crippen molar-refractivity contribution in [3.05, 3.63) is 71.4 Å². The van der Waals surface area contributed by atoms with Crippen LogP contribution in [0.3, 0.4) is 0 Å². The fourth-order valence-corrected chi connectivity index (χ4v) is 3.71. The van der Waals surface area contributed by atoms with Gasteiger partial charge in [0.25, 0.3) is 0 Å². The highest BCUT2D eigenvalue weighted by Crippen LogP contribution is 2.32. The molecular formula is C28H39N3O3. The topological polar surface area (TPSA) is 59.8 Å². The number of para-hydroxylation sites is 1. The van der Waals surface area contributed by atoms with Gasteiger partial charge in [-0.15, -0.1) is 0 Å². The molecule has 3 rings (SSSR count). The van der Waals surface area contributed by atoms with Crippen LogP contribution in [0.5, 0.6) is 11.6 Å². The van der Waals surface area contributed by atoms with Gasteiger partial charge in [-0.05, 0) is 57.9 Å². The van der Waals surface area contributed by atoms with E-state index in [1.807, 2.05) is 66.2 Å². The number of ether oxygens (including phenoxy) is 2. The summed E-state index contributed by atoms with van der Waals surface area (Å²) in [6.07, 6.45) is -0.563. The Bertz CT molecular complexity index is 1010. The molecule has 6 nitrogen and oxygen atoms in total. The summed E-state index contributed by atoms with van der Waals surface area (Å²) in [5.74, 6) is 1.91. The number of aryl methyl sites for hydroxylation is 2. The van der Waals surface area contributed by atoms with Crippen molar-refractivity contribution in [3.8, 4) is 17.3 Å².